The van der Waals surface area contributed by atoms with Crippen molar-refractivity contribution in [1.29, 1.82) is 0 Å². The normalized spacial score (nSPS) is 16.7. The van der Waals surface area contributed by atoms with Crippen LogP contribution in [0, 0.1) is 6.92 Å². The molecular weight excluding hydrogens is 366 g/mol. The molecule has 2 N–H and O–H groups in total. The van der Waals surface area contributed by atoms with Crippen molar-refractivity contribution in [2.75, 3.05) is 0 Å². The number of nitrogens with zero attached hydrogens (tertiary/aromatic N) is 1. The molecule has 2 atom stereocenters. The highest BCUT2D eigenvalue weighted by atomic mass is 16.6. The Bertz CT molecular complexity index is 893. The molecular formula is C23H27N3O3. The van der Waals surface area contributed by atoms with Crippen LogP contribution in [-0.2, 0) is 20.8 Å². The zero-order valence-electron chi connectivity index (χ0n) is 17.0. The molecule has 1 aliphatic rings. The predicted octanol–water partition coefficient (Wildman–Crippen LogP) is 2.74. The van der Waals surface area contributed by atoms with Crippen molar-refractivity contribution >= 4 is 17.5 Å². The van der Waals surface area contributed by atoms with Gasteiger partial charge in [-0.05, 0) is 31.9 Å². The zero-order chi connectivity index (χ0) is 20.8. The molecule has 0 radical (unpaired) electrons. The van der Waals surface area contributed by atoms with Crippen molar-refractivity contribution in [3.05, 3.63) is 71.3 Å². The van der Waals surface area contributed by atoms with Crippen LogP contribution in [0.4, 0.5) is 0 Å². The van der Waals surface area contributed by atoms with E-state index in [1.165, 1.54) is 0 Å². The maximum absolute atomic E-state index is 12.8. The Kier molecular flexibility index (Phi) is 6.65. The maximum atomic E-state index is 12.8. The summed E-state index contributed by atoms with van der Waals surface area (Å²) < 4.78 is 0. The first-order valence-electron chi connectivity index (χ1n) is 9.87. The molecule has 3 rings (SSSR count). The van der Waals surface area contributed by atoms with Gasteiger partial charge in [0.1, 0.15) is 6.04 Å². The van der Waals surface area contributed by atoms with Crippen molar-refractivity contribution < 1.29 is 14.4 Å². The highest BCUT2D eigenvalue weighted by Gasteiger charge is 2.32. The molecule has 2 aromatic carbocycles. The van der Waals surface area contributed by atoms with Crippen molar-refractivity contribution in [3.63, 3.8) is 0 Å². The van der Waals surface area contributed by atoms with Crippen molar-refractivity contribution in [1.82, 2.24) is 10.6 Å². The van der Waals surface area contributed by atoms with Gasteiger partial charge in [0, 0.05) is 24.4 Å². The van der Waals surface area contributed by atoms with Gasteiger partial charge >= 0.3 is 0 Å². The molecule has 0 spiro atoms. The molecule has 0 saturated carbocycles. The number of carbonyl (C=O) groups excluding carboxylic acids is 2. The first-order valence-corrected chi connectivity index (χ1v) is 9.87. The Labute approximate surface area is 171 Å². The van der Waals surface area contributed by atoms with Crippen molar-refractivity contribution in [3.8, 4) is 0 Å². The Morgan fingerprint density at radius 3 is 2.45 bits per heavy atom. The van der Waals surface area contributed by atoms with Gasteiger partial charge in [0.2, 0.25) is 12.0 Å². The summed E-state index contributed by atoms with van der Waals surface area (Å²) >= 11 is 0. The Morgan fingerprint density at radius 2 is 1.76 bits per heavy atom. The summed E-state index contributed by atoms with van der Waals surface area (Å²) in [6, 6.07) is 16.8. The third-order valence-corrected chi connectivity index (χ3v) is 4.76. The van der Waals surface area contributed by atoms with Gasteiger partial charge in [0.15, 0.2) is 0 Å². The second kappa shape index (κ2) is 9.37. The molecule has 152 valence electrons. The lowest BCUT2D eigenvalue weighted by Crippen LogP contribution is -2.52. The van der Waals surface area contributed by atoms with E-state index in [-0.39, 0.29) is 17.9 Å². The Hall–Kier alpha value is -3.15. The number of oxime groups is 1. The summed E-state index contributed by atoms with van der Waals surface area (Å²) in [5, 5.41) is 9.84. The molecule has 6 heteroatoms. The SMILES string of the molecule is Cc1ccccc1C1=NO[C@@H](C(=O)N[C@H](Cc2ccccc2)C(=O)NC(C)C)C1. The smallest absolute Gasteiger partial charge is 0.265 e. The molecule has 1 heterocycles. The van der Waals surface area contributed by atoms with E-state index in [9.17, 15) is 9.59 Å². The monoisotopic (exact) mass is 393 g/mol. The van der Waals surface area contributed by atoms with Crippen LogP contribution in [0.2, 0.25) is 0 Å². The minimum absolute atomic E-state index is 0.0172. The van der Waals surface area contributed by atoms with Crippen LogP contribution < -0.4 is 10.6 Å². The number of hydrogen-bond donors (Lipinski definition) is 2. The summed E-state index contributed by atoms with van der Waals surface area (Å²) in [7, 11) is 0. The van der Waals surface area contributed by atoms with Gasteiger partial charge in [-0.3, -0.25) is 9.59 Å². The fourth-order valence-corrected chi connectivity index (χ4v) is 3.28. The molecule has 29 heavy (non-hydrogen) atoms. The molecule has 0 saturated heterocycles. The number of rotatable bonds is 7. The lowest BCUT2D eigenvalue weighted by Gasteiger charge is -2.21. The average molecular weight is 393 g/mol. The highest BCUT2D eigenvalue weighted by molar-refractivity contribution is 6.05. The van der Waals surface area contributed by atoms with Crippen LogP contribution in [-0.4, -0.2) is 35.7 Å². The summed E-state index contributed by atoms with van der Waals surface area (Å²) in [6.07, 6.45) is 0.0407. The van der Waals surface area contributed by atoms with Gasteiger partial charge in [0.05, 0.1) is 5.71 Å². The summed E-state index contributed by atoms with van der Waals surface area (Å²) in [5.74, 6) is -0.549. The summed E-state index contributed by atoms with van der Waals surface area (Å²) in [6.45, 7) is 5.78. The van der Waals surface area contributed by atoms with E-state index >= 15 is 0 Å². The zero-order valence-corrected chi connectivity index (χ0v) is 17.0. The van der Waals surface area contributed by atoms with E-state index in [0.717, 1.165) is 22.4 Å². The summed E-state index contributed by atoms with van der Waals surface area (Å²) in [5.41, 5.74) is 3.77. The van der Waals surface area contributed by atoms with Gasteiger partial charge in [-0.1, -0.05) is 59.8 Å². The van der Waals surface area contributed by atoms with Crippen LogP contribution in [0.5, 0.6) is 0 Å². The minimum Gasteiger partial charge on any atom is -0.382 e. The molecule has 6 nitrogen and oxygen atoms in total. The quantitative estimate of drug-likeness (QED) is 0.759. The lowest BCUT2D eigenvalue weighted by molar-refractivity contribution is -0.135. The van der Waals surface area contributed by atoms with Crippen molar-refractivity contribution in [2.24, 2.45) is 5.16 Å². The van der Waals surface area contributed by atoms with Gasteiger partial charge in [-0.2, -0.15) is 0 Å². The van der Waals surface area contributed by atoms with Gasteiger partial charge < -0.3 is 15.5 Å². The van der Waals surface area contributed by atoms with E-state index in [4.69, 9.17) is 4.84 Å². The summed E-state index contributed by atoms with van der Waals surface area (Å²) in [4.78, 5) is 30.8. The van der Waals surface area contributed by atoms with Crippen LogP contribution in [0.1, 0.15) is 37.0 Å². The fourth-order valence-electron chi connectivity index (χ4n) is 3.28. The van der Waals surface area contributed by atoms with E-state index in [1.807, 2.05) is 75.4 Å². The lowest BCUT2D eigenvalue weighted by atomic mass is 9.99. The van der Waals surface area contributed by atoms with Gasteiger partial charge in [-0.15, -0.1) is 0 Å². The van der Waals surface area contributed by atoms with E-state index in [1.54, 1.807) is 0 Å². The molecule has 0 bridgehead atoms. The minimum atomic E-state index is -0.741. The number of benzene rings is 2. The molecule has 2 aromatic rings. The molecule has 0 fully saturated rings. The predicted molar refractivity (Wildman–Crippen MR) is 113 cm³/mol. The van der Waals surface area contributed by atoms with Crippen molar-refractivity contribution in [2.45, 2.75) is 51.8 Å². The first-order chi connectivity index (χ1) is 13.9. The van der Waals surface area contributed by atoms with Crippen LogP contribution in [0.15, 0.2) is 59.8 Å². The van der Waals surface area contributed by atoms with E-state index in [2.05, 4.69) is 15.8 Å². The molecule has 0 unspecified atom stereocenters. The topological polar surface area (TPSA) is 79.8 Å². The van der Waals surface area contributed by atoms with Crippen LogP contribution >= 0.6 is 0 Å². The second-order valence-corrected chi connectivity index (χ2v) is 7.57. The molecule has 2 amide bonds. The van der Waals surface area contributed by atoms with E-state index in [0.29, 0.717) is 12.8 Å². The number of nitrogens with one attached hydrogen (secondary N) is 2. The number of carbonyl (C=O) groups is 2. The largest absolute Gasteiger partial charge is 0.382 e. The Balaban J connectivity index is 1.67. The number of amides is 2. The Morgan fingerprint density at radius 1 is 1.07 bits per heavy atom. The first kappa shape index (κ1) is 20.6. The van der Waals surface area contributed by atoms with Crippen LogP contribution in [0.25, 0.3) is 0 Å². The molecule has 1 aliphatic heterocycles. The third kappa shape index (κ3) is 5.44. The standard InChI is InChI=1S/C23H27N3O3/c1-15(2)24-22(27)20(13-17-10-5-4-6-11-17)25-23(28)21-14-19(26-29-21)18-12-8-7-9-16(18)3/h4-12,15,20-21H,13-14H2,1-3H3,(H,24,27)(H,25,28)/t20-,21-/m1/s1. The second-order valence-electron chi connectivity index (χ2n) is 7.57. The van der Waals surface area contributed by atoms with Gasteiger partial charge in [0.25, 0.3) is 5.91 Å². The molecule has 0 aromatic heterocycles. The molecule has 0 aliphatic carbocycles. The number of hydrogen-bond acceptors (Lipinski definition) is 4. The van der Waals surface area contributed by atoms with E-state index < -0.39 is 12.1 Å². The van der Waals surface area contributed by atoms with Crippen LogP contribution in [0.3, 0.4) is 0 Å². The number of aryl methyl sites for hydroxylation is 1. The maximum Gasteiger partial charge on any atom is 0.265 e. The van der Waals surface area contributed by atoms with Gasteiger partial charge in [-0.25, -0.2) is 0 Å². The fraction of sp³-hybridized carbons (Fsp3) is 0.348. The third-order valence-electron chi connectivity index (χ3n) is 4.76. The highest BCUT2D eigenvalue weighted by Crippen LogP contribution is 2.19. The average Bonchev–Trinajstić information content (AvgIpc) is 3.18.